The molecule has 0 bridgehead atoms. The van der Waals surface area contributed by atoms with Gasteiger partial charge in [-0.05, 0) is 60.4 Å². The molecule has 0 heterocycles. The summed E-state index contributed by atoms with van der Waals surface area (Å²) in [6.45, 7) is 7.12. The molecule has 2 aromatic rings. The van der Waals surface area contributed by atoms with Crippen LogP contribution >= 0.6 is 0 Å². The van der Waals surface area contributed by atoms with Crippen molar-refractivity contribution in [3.8, 4) is 11.1 Å². The Kier molecular flexibility index (Phi) is 5.07. The van der Waals surface area contributed by atoms with Crippen LogP contribution in [0.4, 0.5) is 11.4 Å². The highest BCUT2D eigenvalue weighted by Gasteiger charge is 2.12. The van der Waals surface area contributed by atoms with Gasteiger partial charge in [0, 0.05) is 39.3 Å². The van der Waals surface area contributed by atoms with E-state index in [1.165, 1.54) is 0 Å². The Hall–Kier alpha value is -2.62. The molecule has 0 saturated carbocycles. The molecule has 2 amide bonds. The topological polar surface area (TPSA) is 40.6 Å². The maximum atomic E-state index is 11.5. The van der Waals surface area contributed by atoms with Crippen molar-refractivity contribution in [1.29, 1.82) is 0 Å². The van der Waals surface area contributed by atoms with Crippen LogP contribution in [0.5, 0.6) is 0 Å². The van der Waals surface area contributed by atoms with E-state index in [4.69, 9.17) is 0 Å². The molecule has 4 heteroatoms. The Morgan fingerprint density at radius 1 is 0.708 bits per heavy atom. The van der Waals surface area contributed by atoms with Gasteiger partial charge in [-0.1, -0.05) is 12.1 Å². The van der Waals surface area contributed by atoms with Gasteiger partial charge in [0.2, 0.25) is 11.8 Å². The molecule has 0 aliphatic carbocycles. The molecule has 24 heavy (non-hydrogen) atoms. The standard InChI is InChI=1S/C20H24N2O2/c1-13-11-17(7-9-19(13)21(5)15(3)23)18-8-10-20(14(2)12-18)22(6)16(4)24/h7-12H,1-6H3. The molecular weight excluding hydrogens is 300 g/mol. The number of carbonyl (C=O) groups excluding carboxylic acids is 2. The zero-order valence-electron chi connectivity index (χ0n) is 15.2. The second-order valence-corrected chi connectivity index (χ2v) is 6.16. The van der Waals surface area contributed by atoms with Crippen molar-refractivity contribution >= 4 is 23.2 Å². The van der Waals surface area contributed by atoms with Gasteiger partial charge in [-0.2, -0.15) is 0 Å². The summed E-state index contributed by atoms with van der Waals surface area (Å²) in [4.78, 5) is 26.4. The van der Waals surface area contributed by atoms with E-state index in [-0.39, 0.29) is 11.8 Å². The van der Waals surface area contributed by atoms with E-state index in [2.05, 4.69) is 12.1 Å². The van der Waals surface area contributed by atoms with E-state index >= 15 is 0 Å². The number of hydrogen-bond acceptors (Lipinski definition) is 2. The van der Waals surface area contributed by atoms with Gasteiger partial charge in [0.15, 0.2) is 0 Å². The first kappa shape index (κ1) is 17.7. The first-order chi connectivity index (χ1) is 11.2. The summed E-state index contributed by atoms with van der Waals surface area (Å²) in [6.07, 6.45) is 0. The van der Waals surface area contributed by atoms with Crippen LogP contribution in [0.15, 0.2) is 36.4 Å². The predicted molar refractivity (Wildman–Crippen MR) is 99.5 cm³/mol. The van der Waals surface area contributed by atoms with Crippen LogP contribution in [0.25, 0.3) is 11.1 Å². The van der Waals surface area contributed by atoms with Crippen molar-refractivity contribution in [3.05, 3.63) is 47.5 Å². The van der Waals surface area contributed by atoms with Gasteiger partial charge in [-0.25, -0.2) is 0 Å². The van der Waals surface area contributed by atoms with Crippen molar-refractivity contribution in [2.75, 3.05) is 23.9 Å². The van der Waals surface area contributed by atoms with E-state index in [1.807, 2.05) is 38.1 Å². The molecule has 0 N–H and O–H groups in total. The fraction of sp³-hybridized carbons (Fsp3) is 0.300. The van der Waals surface area contributed by atoms with Crippen molar-refractivity contribution < 1.29 is 9.59 Å². The molecule has 126 valence electrons. The molecule has 0 fully saturated rings. The monoisotopic (exact) mass is 324 g/mol. The zero-order chi connectivity index (χ0) is 18.0. The lowest BCUT2D eigenvalue weighted by molar-refractivity contribution is -0.117. The fourth-order valence-corrected chi connectivity index (χ4v) is 2.76. The zero-order valence-corrected chi connectivity index (χ0v) is 15.2. The van der Waals surface area contributed by atoms with Gasteiger partial charge in [0.05, 0.1) is 0 Å². The van der Waals surface area contributed by atoms with Gasteiger partial charge in [0.1, 0.15) is 0 Å². The maximum absolute atomic E-state index is 11.5. The average Bonchev–Trinajstić information content (AvgIpc) is 2.53. The molecule has 0 saturated heterocycles. The van der Waals surface area contributed by atoms with E-state index in [9.17, 15) is 9.59 Å². The number of hydrogen-bond donors (Lipinski definition) is 0. The van der Waals surface area contributed by atoms with Gasteiger partial charge in [-0.3, -0.25) is 9.59 Å². The normalized spacial score (nSPS) is 10.4. The first-order valence-corrected chi connectivity index (χ1v) is 7.92. The molecule has 2 aromatic carbocycles. The highest BCUT2D eigenvalue weighted by molar-refractivity contribution is 5.93. The van der Waals surface area contributed by atoms with E-state index < -0.39 is 0 Å². The first-order valence-electron chi connectivity index (χ1n) is 7.92. The van der Waals surface area contributed by atoms with Crippen molar-refractivity contribution in [2.45, 2.75) is 27.7 Å². The van der Waals surface area contributed by atoms with Crippen LogP contribution < -0.4 is 9.80 Å². The van der Waals surface area contributed by atoms with Crippen LogP contribution in [0.2, 0.25) is 0 Å². The number of amides is 2. The van der Waals surface area contributed by atoms with Gasteiger partial charge in [-0.15, -0.1) is 0 Å². The summed E-state index contributed by atoms with van der Waals surface area (Å²) in [5.41, 5.74) is 6.11. The van der Waals surface area contributed by atoms with Crippen LogP contribution in [0.3, 0.4) is 0 Å². The number of anilines is 2. The van der Waals surface area contributed by atoms with Crippen molar-refractivity contribution in [1.82, 2.24) is 0 Å². The Labute approximate surface area is 143 Å². The number of rotatable bonds is 3. The summed E-state index contributed by atoms with van der Waals surface area (Å²) in [5.74, 6) is 0.0247. The van der Waals surface area contributed by atoms with Crippen molar-refractivity contribution in [2.24, 2.45) is 0 Å². The quantitative estimate of drug-likeness (QED) is 0.858. The molecule has 0 atom stereocenters. The lowest BCUT2D eigenvalue weighted by atomic mass is 9.99. The van der Waals surface area contributed by atoms with Crippen LogP contribution in [0, 0.1) is 13.8 Å². The predicted octanol–water partition coefficient (Wildman–Crippen LogP) is 3.94. The van der Waals surface area contributed by atoms with Gasteiger partial charge >= 0.3 is 0 Å². The Bertz CT molecular complexity index is 729. The molecule has 0 spiro atoms. The largest absolute Gasteiger partial charge is 0.315 e. The minimum absolute atomic E-state index is 0.0123. The molecule has 0 radical (unpaired) electrons. The van der Waals surface area contributed by atoms with Gasteiger partial charge in [0.25, 0.3) is 0 Å². The average molecular weight is 324 g/mol. The second-order valence-electron chi connectivity index (χ2n) is 6.16. The number of carbonyl (C=O) groups is 2. The summed E-state index contributed by atoms with van der Waals surface area (Å²) >= 11 is 0. The minimum atomic E-state index is 0.0123. The van der Waals surface area contributed by atoms with Crippen LogP contribution in [0.1, 0.15) is 25.0 Å². The van der Waals surface area contributed by atoms with Crippen LogP contribution in [-0.2, 0) is 9.59 Å². The van der Waals surface area contributed by atoms with E-state index in [0.717, 1.165) is 33.6 Å². The highest BCUT2D eigenvalue weighted by Crippen LogP contribution is 2.30. The Morgan fingerprint density at radius 2 is 1.04 bits per heavy atom. The summed E-state index contributed by atoms with van der Waals surface area (Å²) in [6, 6.07) is 12.1. The van der Waals surface area contributed by atoms with Crippen LogP contribution in [-0.4, -0.2) is 25.9 Å². The SMILES string of the molecule is CC(=O)N(C)c1ccc(-c2ccc(N(C)C(C)=O)c(C)c2)cc1C. The number of aryl methyl sites for hydroxylation is 2. The molecule has 4 nitrogen and oxygen atoms in total. The van der Waals surface area contributed by atoms with Gasteiger partial charge < -0.3 is 9.80 Å². The highest BCUT2D eigenvalue weighted by atomic mass is 16.2. The number of benzene rings is 2. The number of nitrogens with zero attached hydrogens (tertiary/aromatic N) is 2. The molecular formula is C20H24N2O2. The van der Waals surface area contributed by atoms with E-state index in [1.54, 1.807) is 37.7 Å². The lowest BCUT2D eigenvalue weighted by Gasteiger charge is -2.20. The van der Waals surface area contributed by atoms with Crippen molar-refractivity contribution in [3.63, 3.8) is 0 Å². The molecule has 2 rings (SSSR count). The molecule has 0 aliphatic rings. The summed E-state index contributed by atoms with van der Waals surface area (Å²) < 4.78 is 0. The third-order valence-electron chi connectivity index (χ3n) is 4.39. The van der Waals surface area contributed by atoms with E-state index in [0.29, 0.717) is 0 Å². The summed E-state index contributed by atoms with van der Waals surface area (Å²) in [7, 11) is 3.56. The second kappa shape index (κ2) is 6.87. The Morgan fingerprint density at radius 3 is 1.29 bits per heavy atom. The molecule has 0 unspecified atom stereocenters. The minimum Gasteiger partial charge on any atom is -0.315 e. The third-order valence-corrected chi connectivity index (χ3v) is 4.39. The molecule has 0 aromatic heterocycles. The fourth-order valence-electron chi connectivity index (χ4n) is 2.76. The summed E-state index contributed by atoms with van der Waals surface area (Å²) in [5, 5.41) is 0. The lowest BCUT2D eigenvalue weighted by Crippen LogP contribution is -2.23. The maximum Gasteiger partial charge on any atom is 0.223 e. The molecule has 0 aliphatic heterocycles. The smallest absolute Gasteiger partial charge is 0.223 e. The Balaban J connectivity index is 2.39. The third kappa shape index (κ3) is 3.48.